The molecule has 0 aromatic carbocycles. The normalized spacial score (nSPS) is 10.6. The maximum atomic E-state index is 10.3. The summed E-state index contributed by atoms with van der Waals surface area (Å²) in [5.74, 6) is 1.51. The number of nitrogens with two attached hydrogens (primary N) is 1. The molecule has 2 aliphatic rings. The van der Waals surface area contributed by atoms with E-state index in [4.69, 9.17) is 5.11 Å². The number of amidine groups is 1. The molecule has 1 aliphatic carbocycles. The van der Waals surface area contributed by atoms with E-state index in [9.17, 15) is 19.2 Å². The lowest BCUT2D eigenvalue weighted by molar-refractivity contribution is -0.129. The first-order valence-corrected chi connectivity index (χ1v) is 14.3. The van der Waals surface area contributed by atoms with Crippen LogP contribution in [0.15, 0.2) is 22.2 Å². The van der Waals surface area contributed by atoms with E-state index in [1.807, 2.05) is 33.9 Å². The second-order valence-electron chi connectivity index (χ2n) is 8.60. The molecule has 3 amide bonds. The minimum Gasteiger partial charge on any atom is -0.397 e. The molecule has 1 aromatic rings. The zero-order valence-corrected chi connectivity index (χ0v) is 30.4. The van der Waals surface area contributed by atoms with E-state index in [-0.39, 0.29) is 24.3 Å². The van der Waals surface area contributed by atoms with Gasteiger partial charge >= 0.3 is 0 Å². The number of aryl methyl sites for hydroxylation is 1. The van der Waals surface area contributed by atoms with E-state index >= 15 is 0 Å². The number of hydroxylamine groups is 1. The van der Waals surface area contributed by atoms with Gasteiger partial charge in [0, 0.05) is 80.2 Å². The number of amides is 3. The van der Waals surface area contributed by atoms with Gasteiger partial charge in [0.05, 0.1) is 18.6 Å². The molecule has 15 nitrogen and oxygen atoms in total. The lowest BCUT2D eigenvalue weighted by atomic mass is 10.2. The number of carbonyl (C=O) groups is 4. The number of Topliss-reactive ketones (excluding diaryl/α,β-unsaturated/α-hetero) is 1. The van der Waals surface area contributed by atoms with Crippen molar-refractivity contribution in [3.05, 3.63) is 18.0 Å². The summed E-state index contributed by atoms with van der Waals surface area (Å²) in [7, 11) is 8.05. The minimum absolute atomic E-state index is 0.00463. The number of aliphatic hydroxyl groups excluding tert-OH is 1. The molecule has 7 N–H and O–H groups in total. The first-order chi connectivity index (χ1) is 20.9. The fourth-order valence-electron chi connectivity index (χ4n) is 1.58. The van der Waals surface area contributed by atoms with Crippen molar-refractivity contribution in [3.63, 3.8) is 0 Å². The summed E-state index contributed by atoms with van der Waals surface area (Å²) in [6.45, 7) is 14.2. The Bertz CT molecular complexity index is 870. The molecule has 0 spiro atoms. The van der Waals surface area contributed by atoms with Gasteiger partial charge in [0.2, 0.25) is 17.7 Å². The van der Waals surface area contributed by atoms with Crippen LogP contribution in [-0.2, 0) is 28.8 Å². The molecule has 0 radical (unpaired) electrons. The van der Waals surface area contributed by atoms with Crippen molar-refractivity contribution in [1.29, 1.82) is 0 Å². The van der Waals surface area contributed by atoms with Crippen LogP contribution in [0.1, 0.15) is 73.4 Å². The van der Waals surface area contributed by atoms with Crippen LogP contribution < -0.4 is 21.8 Å². The number of aliphatic imine (C=N–C) groups is 2. The van der Waals surface area contributed by atoms with Crippen LogP contribution in [0.2, 0.25) is 0 Å². The lowest BCUT2D eigenvalue weighted by Gasteiger charge is -1.90. The number of methoxy groups -OCH3 is 1. The second-order valence-corrected chi connectivity index (χ2v) is 9.21. The Labute approximate surface area is 275 Å². The van der Waals surface area contributed by atoms with E-state index in [2.05, 4.69) is 63.8 Å². The molecule has 2 heterocycles. The number of ketones is 1. The van der Waals surface area contributed by atoms with E-state index in [0.29, 0.717) is 5.78 Å². The fourth-order valence-corrected chi connectivity index (χ4v) is 1.58. The topological polar surface area (TPSA) is 222 Å². The summed E-state index contributed by atoms with van der Waals surface area (Å²) in [4.78, 5) is 51.9. The molecule has 16 heteroatoms. The molecule has 1 fully saturated rings. The third-order valence-electron chi connectivity index (χ3n) is 3.54. The molecule has 1 saturated carbocycles. The van der Waals surface area contributed by atoms with Gasteiger partial charge in [-0.05, 0) is 59.4 Å². The van der Waals surface area contributed by atoms with E-state index in [1.54, 1.807) is 47.5 Å². The van der Waals surface area contributed by atoms with Crippen LogP contribution >= 0.6 is 12.2 Å². The predicted molar refractivity (Wildman–Crippen MR) is 186 cm³/mol. The number of nitrogens with one attached hydrogen (secondary N) is 4. The molecule has 1 aromatic heterocycles. The number of nitrogens with zero attached hydrogens (tertiary/aromatic N) is 3. The van der Waals surface area contributed by atoms with Crippen LogP contribution in [-0.4, -0.2) is 104 Å². The summed E-state index contributed by atoms with van der Waals surface area (Å²) >= 11 is 4.59. The number of aromatic amines is 1. The van der Waals surface area contributed by atoms with E-state index in [0.717, 1.165) is 35.4 Å². The molecule has 264 valence electrons. The van der Waals surface area contributed by atoms with Crippen molar-refractivity contribution in [2.24, 2.45) is 21.6 Å². The Morgan fingerprint density at radius 3 is 1.51 bits per heavy atom. The van der Waals surface area contributed by atoms with Crippen molar-refractivity contribution in [2.45, 2.75) is 74.7 Å². The number of aliphatic hydroxyl groups is 1. The van der Waals surface area contributed by atoms with Crippen molar-refractivity contribution >= 4 is 52.8 Å². The van der Waals surface area contributed by atoms with E-state index < -0.39 is 0 Å². The maximum absolute atomic E-state index is 10.3. The highest BCUT2D eigenvalue weighted by molar-refractivity contribution is 7.80. The quantitative estimate of drug-likeness (QED) is 0.204. The van der Waals surface area contributed by atoms with Crippen molar-refractivity contribution < 1.29 is 33.9 Å². The molecular weight excluding hydrogens is 604 g/mol. The van der Waals surface area contributed by atoms with Gasteiger partial charge in [-0.15, -0.1) is 0 Å². The molecule has 0 bridgehead atoms. The lowest BCUT2D eigenvalue weighted by Crippen LogP contribution is -2.17. The summed E-state index contributed by atoms with van der Waals surface area (Å²) in [5.41, 5.74) is 7.65. The van der Waals surface area contributed by atoms with Crippen LogP contribution in [0.5, 0.6) is 0 Å². The zero-order chi connectivity index (χ0) is 36.6. The summed E-state index contributed by atoms with van der Waals surface area (Å²) < 4.78 is 4.25. The fraction of sp³-hybridized carbons (Fsp3) is 0.655. The Kier molecular flexibility index (Phi) is 53.7. The second kappa shape index (κ2) is 44.8. The Balaban J connectivity index is -0.0000000964. The Morgan fingerprint density at radius 2 is 1.44 bits per heavy atom. The molecule has 1 aliphatic heterocycles. The van der Waals surface area contributed by atoms with Crippen molar-refractivity contribution in [3.8, 4) is 0 Å². The highest BCUT2D eigenvalue weighted by Crippen LogP contribution is 2.32. The van der Waals surface area contributed by atoms with Gasteiger partial charge in [0.15, 0.2) is 0 Å². The van der Waals surface area contributed by atoms with E-state index in [1.165, 1.54) is 40.7 Å². The van der Waals surface area contributed by atoms with Gasteiger partial charge in [0.25, 0.3) is 0 Å². The third kappa shape index (κ3) is 100. The minimum atomic E-state index is -0.333. The van der Waals surface area contributed by atoms with Crippen LogP contribution in [0, 0.1) is 12.8 Å². The first-order valence-electron chi connectivity index (χ1n) is 13.9. The number of aromatic nitrogens is 2. The molecule has 45 heavy (non-hydrogen) atoms. The van der Waals surface area contributed by atoms with Gasteiger partial charge < -0.3 is 31.0 Å². The number of ether oxygens (including phenoxy) is 1. The van der Waals surface area contributed by atoms with Gasteiger partial charge in [-0.3, -0.25) is 29.3 Å². The number of H-pyrrole nitrogens is 1. The number of hydrogen-bond donors (Lipinski definition) is 6. The summed E-state index contributed by atoms with van der Waals surface area (Å²) in [5, 5.41) is 19.2. The average Bonchev–Trinajstić information content (AvgIpc) is 3.36. The number of carbonyl (C=O) groups excluding carboxylic acids is 4. The molecule has 0 atom stereocenters. The standard InChI is InChI=1S/C6H10O.2C4H6N2.C3H7NO2.C3H7NO.C3H7NS.C2H5NO.2C2H6O/c1-5(7)4-6-2-3-6;1-4-5-2-3-6-4;1-4-2-3-5-6-4;1-3(5)4-6-2;2*1-3(5)4-2;1-2(3)4;1-3-2;1-2-3/h6H,2-4H2,1H3;2H,3H2,1H3;2-3H,1H3,(H,5,6);1-2H3,(H,4,5);2*1-2H3,(H,4,5);1H3,(H2,3,4);1-2H3;3H,2H2,1H3. The Hall–Kier alpha value is -3.60. The van der Waals surface area contributed by atoms with Gasteiger partial charge in [-0.25, -0.2) is 10.5 Å². The van der Waals surface area contributed by atoms with Crippen molar-refractivity contribution in [2.75, 3.05) is 48.6 Å². The van der Waals surface area contributed by atoms with Crippen LogP contribution in [0.4, 0.5) is 0 Å². The smallest absolute Gasteiger partial charge is 0.240 e. The number of primary amides is 1. The summed E-state index contributed by atoms with van der Waals surface area (Å²) in [6.07, 6.45) is 6.95. The molecule has 3 rings (SSSR count). The zero-order valence-electron chi connectivity index (χ0n) is 29.6. The number of hydrogen-bond acceptors (Lipinski definition) is 11. The maximum Gasteiger partial charge on any atom is 0.240 e. The van der Waals surface area contributed by atoms with Crippen molar-refractivity contribution in [1.82, 2.24) is 26.3 Å². The number of rotatable bonds is 3. The van der Waals surface area contributed by atoms with Crippen LogP contribution in [0.3, 0.4) is 0 Å². The van der Waals surface area contributed by atoms with Gasteiger partial charge in [0.1, 0.15) is 11.6 Å². The molecular formula is C29H60N8O7S. The van der Waals surface area contributed by atoms with Gasteiger partial charge in [-0.1, -0.05) is 12.2 Å². The SMILES string of the molecule is CC(=O)CC1CC1.CC(N)=O.CC1=NCC=N1.CCO.CNC(C)=O.CNC(C)=S.COC.CONC(C)=O.Cc1ccn[nH]1. The first kappa shape index (κ1) is 53.9. The third-order valence-corrected chi connectivity index (χ3v) is 3.75. The van der Waals surface area contributed by atoms with Gasteiger partial charge in [-0.2, -0.15) is 5.10 Å². The molecule has 0 saturated heterocycles. The molecule has 0 unspecified atom stereocenters. The average molecular weight is 665 g/mol. The number of thiocarbonyl (C=S) groups is 1. The largest absolute Gasteiger partial charge is 0.397 e. The predicted octanol–water partition coefficient (Wildman–Crippen LogP) is 2.32. The van der Waals surface area contributed by atoms with Crippen LogP contribution in [0.25, 0.3) is 0 Å². The highest BCUT2D eigenvalue weighted by Gasteiger charge is 2.22. The monoisotopic (exact) mass is 664 g/mol. The summed E-state index contributed by atoms with van der Waals surface area (Å²) in [6, 6.07) is 1.92. The Morgan fingerprint density at radius 1 is 1.02 bits per heavy atom. The highest BCUT2D eigenvalue weighted by atomic mass is 32.1.